The highest BCUT2D eigenvalue weighted by atomic mass is 16.5. The maximum atomic E-state index is 5.50. The van der Waals surface area contributed by atoms with Crippen LogP contribution in [0.4, 0.5) is 0 Å². The summed E-state index contributed by atoms with van der Waals surface area (Å²) in [4.78, 5) is 2.57. The molecular weight excluding hydrogens is 162 g/mol. The third kappa shape index (κ3) is 2.44. The van der Waals surface area contributed by atoms with Crippen molar-refractivity contribution in [3.05, 3.63) is 0 Å². The van der Waals surface area contributed by atoms with Gasteiger partial charge in [0, 0.05) is 18.1 Å². The van der Waals surface area contributed by atoms with Gasteiger partial charge in [0.1, 0.15) is 0 Å². The van der Waals surface area contributed by atoms with Crippen LogP contribution >= 0.6 is 0 Å². The molecule has 0 aromatic rings. The summed E-state index contributed by atoms with van der Waals surface area (Å²) in [6.07, 6.45) is 0. The van der Waals surface area contributed by atoms with E-state index in [1.54, 1.807) is 0 Å². The monoisotopic (exact) mass is 185 g/mol. The lowest BCUT2D eigenvalue weighted by Gasteiger charge is -2.46. The molecule has 0 bridgehead atoms. The molecule has 1 atom stereocenters. The molecule has 1 saturated heterocycles. The lowest BCUT2D eigenvalue weighted by atomic mass is 9.95. The van der Waals surface area contributed by atoms with Crippen LogP contribution in [0.2, 0.25) is 0 Å². The fourth-order valence-electron chi connectivity index (χ4n) is 1.99. The molecule has 0 N–H and O–H groups in total. The van der Waals surface area contributed by atoms with Crippen LogP contribution in [0.3, 0.4) is 0 Å². The number of morpholine rings is 1. The summed E-state index contributed by atoms with van der Waals surface area (Å²) in [5.74, 6) is 0.720. The molecule has 2 heteroatoms. The van der Waals surface area contributed by atoms with Crippen molar-refractivity contribution in [3.8, 4) is 0 Å². The predicted octanol–water partition coefficient (Wildman–Crippen LogP) is 2.14. The van der Waals surface area contributed by atoms with Crippen molar-refractivity contribution in [3.63, 3.8) is 0 Å². The van der Waals surface area contributed by atoms with Gasteiger partial charge in [-0.1, -0.05) is 13.8 Å². The average Bonchev–Trinajstić information content (AvgIpc) is 2.02. The first-order valence-electron chi connectivity index (χ1n) is 5.29. The van der Waals surface area contributed by atoms with Crippen LogP contribution in [0.5, 0.6) is 0 Å². The zero-order valence-corrected chi connectivity index (χ0v) is 9.63. The van der Waals surface area contributed by atoms with Crippen LogP contribution < -0.4 is 0 Å². The van der Waals surface area contributed by atoms with E-state index < -0.39 is 0 Å². The van der Waals surface area contributed by atoms with Crippen molar-refractivity contribution in [1.82, 2.24) is 4.90 Å². The molecule has 0 radical (unpaired) electrons. The summed E-state index contributed by atoms with van der Waals surface area (Å²) in [7, 11) is 0. The Morgan fingerprint density at radius 2 is 1.85 bits per heavy atom. The first kappa shape index (κ1) is 11.0. The van der Waals surface area contributed by atoms with Crippen LogP contribution in [0.25, 0.3) is 0 Å². The molecule has 0 saturated carbocycles. The SMILES string of the molecule is CC(C)C(C)N1CCOCC1(C)C. The lowest BCUT2D eigenvalue weighted by Crippen LogP contribution is -2.57. The van der Waals surface area contributed by atoms with Crippen LogP contribution in [-0.2, 0) is 4.74 Å². The summed E-state index contributed by atoms with van der Waals surface area (Å²) < 4.78 is 5.50. The Balaban J connectivity index is 2.65. The second kappa shape index (κ2) is 3.97. The summed E-state index contributed by atoms with van der Waals surface area (Å²) in [6, 6.07) is 0.652. The van der Waals surface area contributed by atoms with Crippen LogP contribution in [-0.4, -0.2) is 36.2 Å². The second-order valence-corrected chi connectivity index (χ2v) is 5.04. The largest absolute Gasteiger partial charge is 0.378 e. The molecule has 1 aliphatic heterocycles. The van der Waals surface area contributed by atoms with E-state index in [0.29, 0.717) is 6.04 Å². The molecule has 0 amide bonds. The van der Waals surface area contributed by atoms with Crippen molar-refractivity contribution in [2.24, 2.45) is 5.92 Å². The zero-order chi connectivity index (χ0) is 10.1. The summed E-state index contributed by atoms with van der Waals surface area (Å²) in [6.45, 7) is 14.3. The van der Waals surface area contributed by atoms with Gasteiger partial charge in [-0.25, -0.2) is 0 Å². The Morgan fingerprint density at radius 3 is 2.31 bits per heavy atom. The molecule has 0 aliphatic carbocycles. The van der Waals surface area contributed by atoms with E-state index in [9.17, 15) is 0 Å². The number of hydrogen-bond acceptors (Lipinski definition) is 2. The smallest absolute Gasteiger partial charge is 0.0645 e. The Hall–Kier alpha value is -0.0800. The quantitative estimate of drug-likeness (QED) is 0.653. The first-order valence-corrected chi connectivity index (χ1v) is 5.29. The van der Waals surface area contributed by atoms with Gasteiger partial charge in [-0.05, 0) is 26.7 Å². The third-order valence-corrected chi connectivity index (χ3v) is 3.17. The van der Waals surface area contributed by atoms with Gasteiger partial charge < -0.3 is 4.74 Å². The van der Waals surface area contributed by atoms with E-state index in [-0.39, 0.29) is 5.54 Å². The maximum absolute atomic E-state index is 5.50. The first-order chi connectivity index (χ1) is 5.95. The number of nitrogens with zero attached hydrogens (tertiary/aromatic N) is 1. The van der Waals surface area contributed by atoms with Crippen molar-refractivity contribution < 1.29 is 4.74 Å². The van der Waals surface area contributed by atoms with Crippen molar-refractivity contribution in [1.29, 1.82) is 0 Å². The standard InChI is InChI=1S/C11H23NO/c1-9(2)10(3)12-6-7-13-8-11(12,4)5/h9-10H,6-8H2,1-5H3. The fraction of sp³-hybridized carbons (Fsp3) is 1.00. The molecule has 0 aromatic heterocycles. The van der Waals surface area contributed by atoms with Crippen molar-refractivity contribution >= 4 is 0 Å². The topological polar surface area (TPSA) is 12.5 Å². The molecule has 1 aliphatic rings. The number of ether oxygens (including phenoxy) is 1. The highest BCUT2D eigenvalue weighted by molar-refractivity contribution is 4.88. The van der Waals surface area contributed by atoms with Crippen LogP contribution in [0.1, 0.15) is 34.6 Å². The minimum absolute atomic E-state index is 0.210. The average molecular weight is 185 g/mol. The van der Waals surface area contributed by atoms with Gasteiger partial charge >= 0.3 is 0 Å². The van der Waals surface area contributed by atoms with E-state index in [0.717, 1.165) is 25.7 Å². The van der Waals surface area contributed by atoms with Gasteiger partial charge in [0.25, 0.3) is 0 Å². The highest BCUT2D eigenvalue weighted by Crippen LogP contribution is 2.24. The van der Waals surface area contributed by atoms with Gasteiger partial charge in [-0.2, -0.15) is 0 Å². The molecule has 2 nitrogen and oxygen atoms in total. The molecule has 0 aromatic carbocycles. The molecule has 1 fully saturated rings. The summed E-state index contributed by atoms with van der Waals surface area (Å²) in [5.41, 5.74) is 0.210. The fourth-order valence-corrected chi connectivity index (χ4v) is 1.99. The van der Waals surface area contributed by atoms with Crippen LogP contribution in [0.15, 0.2) is 0 Å². The maximum Gasteiger partial charge on any atom is 0.0645 e. The zero-order valence-electron chi connectivity index (χ0n) is 9.63. The Bertz CT molecular complexity index is 165. The number of rotatable bonds is 2. The van der Waals surface area contributed by atoms with Gasteiger partial charge in [-0.15, -0.1) is 0 Å². The summed E-state index contributed by atoms with van der Waals surface area (Å²) in [5, 5.41) is 0. The molecule has 1 heterocycles. The van der Waals surface area contributed by atoms with E-state index >= 15 is 0 Å². The minimum Gasteiger partial charge on any atom is -0.378 e. The van der Waals surface area contributed by atoms with E-state index in [2.05, 4.69) is 39.5 Å². The van der Waals surface area contributed by atoms with Gasteiger partial charge in [-0.3, -0.25) is 4.90 Å². The highest BCUT2D eigenvalue weighted by Gasteiger charge is 2.34. The molecule has 13 heavy (non-hydrogen) atoms. The Labute approximate surface area is 82.3 Å². The van der Waals surface area contributed by atoms with E-state index in [1.807, 2.05) is 0 Å². The third-order valence-electron chi connectivity index (χ3n) is 3.17. The lowest BCUT2D eigenvalue weighted by molar-refractivity contribution is -0.0764. The van der Waals surface area contributed by atoms with Gasteiger partial charge in [0.2, 0.25) is 0 Å². The second-order valence-electron chi connectivity index (χ2n) is 5.04. The molecular formula is C11H23NO. The van der Waals surface area contributed by atoms with E-state index in [1.165, 1.54) is 0 Å². The Morgan fingerprint density at radius 1 is 1.23 bits per heavy atom. The number of hydrogen-bond donors (Lipinski definition) is 0. The van der Waals surface area contributed by atoms with Gasteiger partial charge in [0.05, 0.1) is 13.2 Å². The molecule has 78 valence electrons. The van der Waals surface area contributed by atoms with Gasteiger partial charge in [0.15, 0.2) is 0 Å². The van der Waals surface area contributed by atoms with Crippen molar-refractivity contribution in [2.45, 2.75) is 46.2 Å². The molecule has 1 unspecified atom stereocenters. The molecule has 1 rings (SSSR count). The van der Waals surface area contributed by atoms with Crippen LogP contribution in [0, 0.1) is 5.92 Å². The summed E-state index contributed by atoms with van der Waals surface area (Å²) >= 11 is 0. The predicted molar refractivity (Wildman–Crippen MR) is 55.9 cm³/mol. The Kier molecular flexibility index (Phi) is 3.36. The minimum atomic E-state index is 0.210. The normalized spacial score (nSPS) is 26.3. The van der Waals surface area contributed by atoms with E-state index in [4.69, 9.17) is 4.74 Å². The van der Waals surface area contributed by atoms with Crippen molar-refractivity contribution in [2.75, 3.05) is 19.8 Å². The molecule has 0 spiro atoms.